The molecule has 0 aromatic heterocycles. The molecule has 1 rings (SSSR count). The van der Waals surface area contributed by atoms with Crippen LogP contribution in [-0.2, 0) is 0 Å². The lowest BCUT2D eigenvalue weighted by Crippen LogP contribution is -2.34. The van der Waals surface area contributed by atoms with Gasteiger partial charge in [0.05, 0.1) is 0 Å². The Balaban J connectivity index is 2.72. The largest absolute Gasteiger partial charge is 0.310 e. The Hall–Kier alpha value is -0.300. The highest BCUT2D eigenvalue weighted by atomic mass is 15.0. The third-order valence-corrected chi connectivity index (χ3v) is 4.61. The molecule has 88 valence electrons. The van der Waals surface area contributed by atoms with E-state index in [0.717, 1.165) is 12.5 Å². The minimum absolute atomic E-state index is 0.442. The molecular formula is C14H27N. The van der Waals surface area contributed by atoms with E-state index in [4.69, 9.17) is 0 Å². The Morgan fingerprint density at radius 2 is 1.73 bits per heavy atom. The van der Waals surface area contributed by atoms with E-state index >= 15 is 0 Å². The molecule has 1 atom stereocenters. The van der Waals surface area contributed by atoms with Crippen LogP contribution in [0.4, 0.5) is 0 Å². The topological polar surface area (TPSA) is 12.0 Å². The van der Waals surface area contributed by atoms with Gasteiger partial charge in [-0.25, -0.2) is 0 Å². The van der Waals surface area contributed by atoms with E-state index in [1.807, 2.05) is 0 Å². The molecule has 1 heteroatoms. The van der Waals surface area contributed by atoms with Gasteiger partial charge in [-0.3, -0.25) is 0 Å². The predicted octanol–water partition coefficient (Wildman–Crippen LogP) is 3.61. The number of rotatable bonds is 5. The average Bonchev–Trinajstić information content (AvgIpc) is 2.47. The summed E-state index contributed by atoms with van der Waals surface area (Å²) in [6.45, 7) is 19.1. The second kappa shape index (κ2) is 3.93. The summed E-state index contributed by atoms with van der Waals surface area (Å²) in [5, 5.41) is 3.64. The van der Waals surface area contributed by atoms with Gasteiger partial charge in [-0.15, -0.1) is 0 Å². The fourth-order valence-corrected chi connectivity index (χ4v) is 2.96. The van der Waals surface area contributed by atoms with Gasteiger partial charge in [0, 0.05) is 6.04 Å². The quantitative estimate of drug-likeness (QED) is 0.682. The second-order valence-electron chi connectivity index (χ2n) is 6.20. The first-order chi connectivity index (χ1) is 6.76. The molecule has 1 aliphatic carbocycles. The molecule has 0 bridgehead atoms. The Labute approximate surface area is 95.3 Å². The lowest BCUT2D eigenvalue weighted by Gasteiger charge is -2.21. The maximum atomic E-state index is 4.14. The molecule has 1 unspecified atom stereocenters. The fourth-order valence-electron chi connectivity index (χ4n) is 2.96. The van der Waals surface area contributed by atoms with Gasteiger partial charge in [0.15, 0.2) is 0 Å². The predicted molar refractivity (Wildman–Crippen MR) is 67.9 cm³/mol. The summed E-state index contributed by atoms with van der Waals surface area (Å²) in [6, 6.07) is 0.495. The zero-order chi connectivity index (χ0) is 11.9. The molecule has 0 aromatic rings. The first-order valence-corrected chi connectivity index (χ1v) is 6.15. The summed E-state index contributed by atoms with van der Waals surface area (Å²) in [5.74, 6) is 0.731. The van der Waals surface area contributed by atoms with Gasteiger partial charge in [-0.2, -0.15) is 0 Å². The molecule has 1 saturated carbocycles. The van der Waals surface area contributed by atoms with Gasteiger partial charge in [0.1, 0.15) is 0 Å². The van der Waals surface area contributed by atoms with Crippen molar-refractivity contribution in [2.24, 2.45) is 16.7 Å². The zero-order valence-electron chi connectivity index (χ0n) is 11.3. The molecule has 0 aromatic carbocycles. The lowest BCUT2D eigenvalue weighted by atomic mass is 9.98. The van der Waals surface area contributed by atoms with Crippen molar-refractivity contribution in [3.05, 3.63) is 12.2 Å². The van der Waals surface area contributed by atoms with Crippen molar-refractivity contribution in [3.8, 4) is 0 Å². The second-order valence-corrected chi connectivity index (χ2v) is 6.20. The zero-order valence-corrected chi connectivity index (χ0v) is 11.3. The highest BCUT2D eigenvalue weighted by Crippen LogP contribution is 2.70. The summed E-state index contributed by atoms with van der Waals surface area (Å²) in [4.78, 5) is 0. The van der Waals surface area contributed by atoms with Crippen LogP contribution in [0.5, 0.6) is 0 Å². The normalized spacial score (nSPS) is 24.9. The van der Waals surface area contributed by atoms with Crippen LogP contribution < -0.4 is 5.32 Å². The summed E-state index contributed by atoms with van der Waals surface area (Å²) >= 11 is 0. The van der Waals surface area contributed by atoms with E-state index in [9.17, 15) is 0 Å². The monoisotopic (exact) mass is 209 g/mol. The van der Waals surface area contributed by atoms with E-state index in [0.29, 0.717) is 16.9 Å². The van der Waals surface area contributed by atoms with E-state index < -0.39 is 0 Å². The van der Waals surface area contributed by atoms with Gasteiger partial charge in [-0.1, -0.05) is 46.8 Å². The van der Waals surface area contributed by atoms with Crippen molar-refractivity contribution in [1.82, 2.24) is 5.32 Å². The molecule has 1 aliphatic rings. The van der Waals surface area contributed by atoms with Crippen LogP contribution in [0.25, 0.3) is 0 Å². The summed E-state index contributed by atoms with van der Waals surface area (Å²) in [6.07, 6.45) is 1.19. The maximum Gasteiger partial charge on any atom is 0.0313 e. The van der Waals surface area contributed by atoms with Crippen molar-refractivity contribution in [3.63, 3.8) is 0 Å². The van der Waals surface area contributed by atoms with Gasteiger partial charge in [0.2, 0.25) is 0 Å². The first-order valence-electron chi connectivity index (χ1n) is 6.15. The van der Waals surface area contributed by atoms with Gasteiger partial charge in [0.25, 0.3) is 0 Å². The van der Waals surface area contributed by atoms with Crippen molar-refractivity contribution in [2.45, 2.75) is 54.0 Å². The Morgan fingerprint density at radius 1 is 1.27 bits per heavy atom. The first kappa shape index (κ1) is 12.8. The van der Waals surface area contributed by atoms with Crippen molar-refractivity contribution < 1.29 is 0 Å². The van der Waals surface area contributed by atoms with E-state index in [2.05, 4.69) is 53.4 Å². The molecular weight excluding hydrogens is 182 g/mol. The Kier molecular flexibility index (Phi) is 3.35. The molecule has 0 amide bonds. The smallest absolute Gasteiger partial charge is 0.0313 e. The van der Waals surface area contributed by atoms with E-state index in [1.54, 1.807) is 0 Å². The minimum Gasteiger partial charge on any atom is -0.310 e. The maximum absolute atomic E-state index is 4.14. The van der Waals surface area contributed by atoms with Crippen LogP contribution in [0, 0.1) is 16.7 Å². The standard InChI is InChI=1S/C14H27N/c1-8-9-15-11(10(2)3)12-13(4,5)14(12,6)7/h11-12,15H,2,8-9H2,1,3-7H3. The van der Waals surface area contributed by atoms with Crippen LogP contribution in [0.1, 0.15) is 48.0 Å². The number of hydrogen-bond donors (Lipinski definition) is 1. The van der Waals surface area contributed by atoms with E-state index in [1.165, 1.54) is 12.0 Å². The van der Waals surface area contributed by atoms with Crippen molar-refractivity contribution in [1.29, 1.82) is 0 Å². The van der Waals surface area contributed by atoms with Crippen molar-refractivity contribution >= 4 is 0 Å². The average molecular weight is 209 g/mol. The third-order valence-electron chi connectivity index (χ3n) is 4.61. The van der Waals surface area contributed by atoms with Gasteiger partial charge in [-0.05, 0) is 36.6 Å². The summed E-state index contributed by atoms with van der Waals surface area (Å²) < 4.78 is 0. The van der Waals surface area contributed by atoms with Crippen LogP contribution in [0.15, 0.2) is 12.2 Å². The molecule has 0 heterocycles. The Bertz CT molecular complexity index is 236. The minimum atomic E-state index is 0.442. The van der Waals surface area contributed by atoms with Crippen LogP contribution in [0.3, 0.4) is 0 Å². The molecule has 0 spiro atoms. The molecule has 1 nitrogen and oxygen atoms in total. The van der Waals surface area contributed by atoms with E-state index in [-0.39, 0.29) is 0 Å². The number of hydrogen-bond acceptors (Lipinski definition) is 1. The van der Waals surface area contributed by atoms with Gasteiger partial charge < -0.3 is 5.32 Å². The summed E-state index contributed by atoms with van der Waals surface area (Å²) in [7, 11) is 0. The molecule has 15 heavy (non-hydrogen) atoms. The summed E-state index contributed by atoms with van der Waals surface area (Å²) in [5.41, 5.74) is 2.17. The fraction of sp³-hybridized carbons (Fsp3) is 0.857. The van der Waals surface area contributed by atoms with Gasteiger partial charge >= 0.3 is 0 Å². The molecule has 1 N–H and O–H groups in total. The van der Waals surface area contributed by atoms with Crippen LogP contribution in [-0.4, -0.2) is 12.6 Å². The third kappa shape index (κ3) is 1.99. The molecule has 1 fully saturated rings. The lowest BCUT2D eigenvalue weighted by molar-refractivity contribution is 0.442. The molecule has 0 radical (unpaired) electrons. The number of nitrogens with one attached hydrogen (secondary N) is 1. The highest BCUT2D eigenvalue weighted by Gasteiger charge is 2.66. The van der Waals surface area contributed by atoms with Crippen molar-refractivity contribution in [2.75, 3.05) is 6.54 Å². The van der Waals surface area contributed by atoms with Crippen LogP contribution in [0.2, 0.25) is 0 Å². The molecule has 0 aliphatic heterocycles. The molecule has 0 saturated heterocycles. The van der Waals surface area contributed by atoms with Crippen LogP contribution >= 0.6 is 0 Å². The Morgan fingerprint density at radius 3 is 2.00 bits per heavy atom. The SMILES string of the molecule is C=C(C)C(NCCC)C1C(C)(C)C1(C)C. The highest BCUT2D eigenvalue weighted by molar-refractivity contribution is 5.23.